The van der Waals surface area contributed by atoms with E-state index in [2.05, 4.69) is 15.4 Å². The SMILES string of the molecule is COC(CNC(=O)Nc1ccc([N+](=O)[O-])c(F)c1)C(=O)O. The van der Waals surface area contributed by atoms with E-state index in [0.29, 0.717) is 0 Å². The van der Waals surface area contributed by atoms with Crippen molar-refractivity contribution in [1.29, 1.82) is 0 Å². The number of carboxylic acids is 1. The number of aliphatic carboxylic acids is 1. The standard InChI is InChI=1S/C11H12FN3O6/c1-21-9(10(16)17)5-13-11(18)14-6-2-3-8(15(19)20)7(12)4-6/h2-4,9H,5H2,1H3,(H,16,17)(H2,13,14,18). The number of nitro benzene ring substituents is 1. The van der Waals surface area contributed by atoms with Crippen molar-refractivity contribution in [3.05, 3.63) is 34.1 Å². The molecule has 0 heterocycles. The maximum absolute atomic E-state index is 13.3. The molecular formula is C11H12FN3O6. The van der Waals surface area contributed by atoms with Gasteiger partial charge < -0.3 is 20.5 Å². The van der Waals surface area contributed by atoms with Crippen molar-refractivity contribution in [2.45, 2.75) is 6.10 Å². The van der Waals surface area contributed by atoms with Crippen LogP contribution < -0.4 is 10.6 Å². The van der Waals surface area contributed by atoms with Gasteiger partial charge in [-0.05, 0) is 6.07 Å². The molecule has 0 saturated heterocycles. The molecule has 3 N–H and O–H groups in total. The number of carboxylic acid groups (broad SMARTS) is 1. The molecule has 0 spiro atoms. The highest BCUT2D eigenvalue weighted by atomic mass is 19.1. The van der Waals surface area contributed by atoms with Crippen molar-refractivity contribution in [2.75, 3.05) is 19.0 Å². The number of hydrogen-bond donors (Lipinski definition) is 3. The van der Waals surface area contributed by atoms with Crippen LogP contribution in [0, 0.1) is 15.9 Å². The summed E-state index contributed by atoms with van der Waals surface area (Å²) in [7, 11) is 1.17. The van der Waals surface area contributed by atoms with E-state index in [-0.39, 0.29) is 12.2 Å². The molecule has 1 rings (SSSR count). The van der Waals surface area contributed by atoms with Crippen molar-refractivity contribution in [1.82, 2.24) is 5.32 Å². The lowest BCUT2D eigenvalue weighted by molar-refractivity contribution is -0.387. The molecule has 0 aliphatic heterocycles. The van der Waals surface area contributed by atoms with Crippen LogP contribution in [0.25, 0.3) is 0 Å². The molecule has 9 nitrogen and oxygen atoms in total. The zero-order chi connectivity index (χ0) is 16.0. The topological polar surface area (TPSA) is 131 Å². The van der Waals surface area contributed by atoms with E-state index in [4.69, 9.17) is 5.11 Å². The summed E-state index contributed by atoms with van der Waals surface area (Å²) in [6.07, 6.45) is -1.22. The van der Waals surface area contributed by atoms with E-state index >= 15 is 0 Å². The first-order chi connectivity index (χ1) is 9.85. The Balaban J connectivity index is 2.61. The zero-order valence-corrected chi connectivity index (χ0v) is 10.8. The second-order valence-corrected chi connectivity index (χ2v) is 3.82. The van der Waals surface area contributed by atoms with Gasteiger partial charge >= 0.3 is 17.7 Å². The number of amides is 2. The van der Waals surface area contributed by atoms with Crippen LogP contribution in [0.2, 0.25) is 0 Å². The van der Waals surface area contributed by atoms with Gasteiger partial charge in [0.1, 0.15) is 0 Å². The monoisotopic (exact) mass is 301 g/mol. The second kappa shape index (κ2) is 7.14. The normalized spacial score (nSPS) is 11.5. The Morgan fingerprint density at radius 1 is 1.52 bits per heavy atom. The molecule has 1 atom stereocenters. The highest BCUT2D eigenvalue weighted by molar-refractivity contribution is 5.89. The van der Waals surface area contributed by atoms with Crippen LogP contribution in [0.5, 0.6) is 0 Å². The molecule has 10 heteroatoms. The minimum atomic E-state index is -1.25. The van der Waals surface area contributed by atoms with Crippen LogP contribution in [-0.4, -0.2) is 41.8 Å². The lowest BCUT2D eigenvalue weighted by Gasteiger charge is -2.12. The fourth-order valence-corrected chi connectivity index (χ4v) is 1.36. The number of urea groups is 1. The highest BCUT2D eigenvalue weighted by Crippen LogP contribution is 2.20. The average Bonchev–Trinajstić information content (AvgIpc) is 2.38. The van der Waals surface area contributed by atoms with Crippen LogP contribution in [0.3, 0.4) is 0 Å². The first-order valence-corrected chi connectivity index (χ1v) is 5.59. The van der Waals surface area contributed by atoms with Gasteiger partial charge in [-0.25, -0.2) is 9.59 Å². The maximum Gasteiger partial charge on any atom is 0.334 e. The number of halogens is 1. The van der Waals surface area contributed by atoms with Gasteiger partial charge in [0, 0.05) is 24.9 Å². The molecule has 1 aromatic carbocycles. The lowest BCUT2D eigenvalue weighted by atomic mass is 10.2. The fourth-order valence-electron chi connectivity index (χ4n) is 1.36. The van der Waals surface area contributed by atoms with Gasteiger partial charge in [0.2, 0.25) is 5.82 Å². The molecule has 114 valence electrons. The predicted octanol–water partition coefficient (Wildman–Crippen LogP) is 0.955. The number of nitrogens with zero attached hydrogens (tertiary/aromatic N) is 1. The third-order valence-electron chi connectivity index (χ3n) is 2.41. The van der Waals surface area contributed by atoms with Crippen LogP contribution >= 0.6 is 0 Å². The summed E-state index contributed by atoms with van der Waals surface area (Å²) in [6.45, 7) is -0.298. The molecule has 0 aliphatic rings. The van der Waals surface area contributed by atoms with Gasteiger partial charge in [0.15, 0.2) is 6.10 Å². The summed E-state index contributed by atoms with van der Waals surface area (Å²) in [4.78, 5) is 31.6. The summed E-state index contributed by atoms with van der Waals surface area (Å²) in [6, 6.07) is 2.03. The smallest absolute Gasteiger partial charge is 0.334 e. The number of hydrogen-bond acceptors (Lipinski definition) is 5. The largest absolute Gasteiger partial charge is 0.479 e. The summed E-state index contributed by atoms with van der Waals surface area (Å²) < 4.78 is 17.9. The van der Waals surface area contributed by atoms with Crippen LogP contribution in [0.4, 0.5) is 20.6 Å². The molecule has 1 aromatic rings. The van der Waals surface area contributed by atoms with Gasteiger partial charge in [0.05, 0.1) is 11.5 Å². The van der Waals surface area contributed by atoms with Gasteiger partial charge in [-0.1, -0.05) is 0 Å². The van der Waals surface area contributed by atoms with Gasteiger partial charge in [-0.3, -0.25) is 10.1 Å². The molecular weight excluding hydrogens is 289 g/mol. The number of carbonyl (C=O) groups excluding carboxylic acids is 1. The highest BCUT2D eigenvalue weighted by Gasteiger charge is 2.18. The fraction of sp³-hybridized carbons (Fsp3) is 0.273. The van der Waals surface area contributed by atoms with Crippen molar-refractivity contribution >= 4 is 23.4 Å². The Morgan fingerprint density at radius 3 is 2.67 bits per heavy atom. The van der Waals surface area contributed by atoms with E-state index in [9.17, 15) is 24.1 Å². The Labute approximate surface area is 117 Å². The molecule has 0 saturated carbocycles. The number of methoxy groups -OCH3 is 1. The molecule has 0 aliphatic carbocycles. The predicted molar refractivity (Wildman–Crippen MR) is 68.5 cm³/mol. The van der Waals surface area contributed by atoms with Crippen LogP contribution in [0.1, 0.15) is 0 Å². The second-order valence-electron chi connectivity index (χ2n) is 3.82. The Kier molecular flexibility index (Phi) is 5.55. The molecule has 0 aromatic heterocycles. The maximum atomic E-state index is 13.3. The summed E-state index contributed by atoms with van der Waals surface area (Å²) in [5.41, 5.74) is -0.730. The Hall–Kier alpha value is -2.75. The number of nitro groups is 1. The Morgan fingerprint density at radius 2 is 2.19 bits per heavy atom. The summed E-state index contributed by atoms with van der Waals surface area (Å²) >= 11 is 0. The average molecular weight is 301 g/mol. The van der Waals surface area contributed by atoms with Crippen molar-refractivity contribution in [3.63, 3.8) is 0 Å². The van der Waals surface area contributed by atoms with E-state index in [1.54, 1.807) is 0 Å². The van der Waals surface area contributed by atoms with E-state index < -0.39 is 34.5 Å². The van der Waals surface area contributed by atoms with Crippen LogP contribution in [0.15, 0.2) is 18.2 Å². The molecule has 0 fully saturated rings. The molecule has 2 amide bonds. The number of ether oxygens (including phenoxy) is 1. The first-order valence-electron chi connectivity index (χ1n) is 5.59. The minimum Gasteiger partial charge on any atom is -0.479 e. The van der Waals surface area contributed by atoms with E-state index in [0.717, 1.165) is 18.2 Å². The third kappa shape index (κ3) is 4.69. The van der Waals surface area contributed by atoms with Crippen molar-refractivity contribution in [2.24, 2.45) is 0 Å². The van der Waals surface area contributed by atoms with Gasteiger partial charge in [0.25, 0.3) is 0 Å². The van der Waals surface area contributed by atoms with Gasteiger partial charge in [-0.2, -0.15) is 4.39 Å². The molecule has 0 radical (unpaired) electrons. The first kappa shape index (κ1) is 16.3. The number of anilines is 1. The number of benzene rings is 1. The van der Waals surface area contributed by atoms with Gasteiger partial charge in [-0.15, -0.1) is 0 Å². The number of carbonyl (C=O) groups is 2. The van der Waals surface area contributed by atoms with Crippen LogP contribution in [-0.2, 0) is 9.53 Å². The van der Waals surface area contributed by atoms with E-state index in [1.807, 2.05) is 0 Å². The van der Waals surface area contributed by atoms with Crippen molar-refractivity contribution < 1.29 is 28.7 Å². The Bertz CT molecular complexity index is 565. The zero-order valence-electron chi connectivity index (χ0n) is 10.8. The molecule has 1 unspecified atom stereocenters. The number of rotatable bonds is 6. The lowest BCUT2D eigenvalue weighted by Crippen LogP contribution is -2.39. The summed E-state index contributed by atoms with van der Waals surface area (Å²) in [5, 5.41) is 23.5. The van der Waals surface area contributed by atoms with Crippen molar-refractivity contribution in [3.8, 4) is 0 Å². The number of nitrogens with one attached hydrogen (secondary N) is 2. The van der Waals surface area contributed by atoms with E-state index in [1.165, 1.54) is 7.11 Å². The molecule has 0 bridgehead atoms. The minimum absolute atomic E-state index is 0.0140. The summed E-state index contributed by atoms with van der Waals surface area (Å²) in [5.74, 6) is -2.35. The quantitative estimate of drug-likeness (QED) is 0.529. The third-order valence-corrected chi connectivity index (χ3v) is 2.41. The molecule has 21 heavy (non-hydrogen) atoms.